The van der Waals surface area contributed by atoms with Crippen molar-refractivity contribution in [2.24, 2.45) is 0 Å². The van der Waals surface area contributed by atoms with Crippen LogP contribution in [0.3, 0.4) is 0 Å². The number of allylic oxidation sites excluding steroid dienone is 1. The number of hydrogen-bond acceptors (Lipinski definition) is 1. The highest BCUT2D eigenvalue weighted by molar-refractivity contribution is 4.65. The molecule has 0 spiro atoms. The van der Waals surface area contributed by atoms with Crippen LogP contribution in [0.2, 0.25) is 0 Å². The molecule has 0 heterocycles. The summed E-state index contributed by atoms with van der Waals surface area (Å²) >= 11 is 0. The second kappa shape index (κ2) is 9.79. The maximum absolute atomic E-state index is 3.72. The first-order chi connectivity index (χ1) is 6.27. The van der Waals surface area contributed by atoms with E-state index in [-0.39, 0.29) is 0 Å². The zero-order chi connectivity index (χ0) is 9.94. The molecule has 0 atom stereocenters. The Bertz CT molecular complexity index is 108. The number of hydrogen-bond donors (Lipinski definition) is 0. The Kier molecular flexibility index (Phi) is 9.56. The van der Waals surface area contributed by atoms with E-state index in [0.717, 1.165) is 0 Å². The molecule has 0 aromatic rings. The molecule has 0 radical (unpaired) electrons. The van der Waals surface area contributed by atoms with Gasteiger partial charge in [0.1, 0.15) is 0 Å². The van der Waals surface area contributed by atoms with Gasteiger partial charge in [0.05, 0.1) is 0 Å². The molecule has 0 aliphatic rings. The van der Waals surface area contributed by atoms with E-state index >= 15 is 0 Å². The standard InChI is InChI=1S/C12H25N/c1-4-5-6-7-8-9-10-11-12-13(2)3/h4H,1,5-12H2,2-3H3. The Morgan fingerprint density at radius 3 is 2.00 bits per heavy atom. The minimum atomic E-state index is 1.19. The zero-order valence-corrected chi connectivity index (χ0v) is 9.39. The maximum atomic E-state index is 3.72. The molecular formula is C12H25N. The van der Waals surface area contributed by atoms with Gasteiger partial charge >= 0.3 is 0 Å². The third-order valence-electron chi connectivity index (χ3n) is 2.26. The molecule has 0 N–H and O–H groups in total. The van der Waals surface area contributed by atoms with E-state index in [1.165, 1.54) is 51.5 Å². The van der Waals surface area contributed by atoms with Gasteiger partial charge in [0.25, 0.3) is 0 Å². The maximum Gasteiger partial charge on any atom is -0.00248 e. The van der Waals surface area contributed by atoms with E-state index in [1.807, 2.05) is 6.08 Å². The summed E-state index contributed by atoms with van der Waals surface area (Å²) in [7, 11) is 4.29. The van der Waals surface area contributed by atoms with Crippen molar-refractivity contribution in [3.8, 4) is 0 Å². The van der Waals surface area contributed by atoms with Gasteiger partial charge in [-0.3, -0.25) is 0 Å². The molecule has 0 saturated heterocycles. The summed E-state index contributed by atoms with van der Waals surface area (Å²) in [5.74, 6) is 0. The summed E-state index contributed by atoms with van der Waals surface area (Å²) in [6.07, 6.45) is 11.5. The summed E-state index contributed by atoms with van der Waals surface area (Å²) in [5.41, 5.74) is 0. The topological polar surface area (TPSA) is 3.24 Å². The van der Waals surface area contributed by atoms with Crippen LogP contribution in [0.15, 0.2) is 12.7 Å². The molecule has 0 amide bonds. The zero-order valence-electron chi connectivity index (χ0n) is 9.39. The van der Waals surface area contributed by atoms with Crippen LogP contribution in [0.1, 0.15) is 44.9 Å². The van der Waals surface area contributed by atoms with Crippen molar-refractivity contribution >= 4 is 0 Å². The lowest BCUT2D eigenvalue weighted by Crippen LogP contribution is -2.12. The van der Waals surface area contributed by atoms with Gasteiger partial charge in [0.15, 0.2) is 0 Å². The fraction of sp³-hybridized carbons (Fsp3) is 0.833. The van der Waals surface area contributed by atoms with Gasteiger partial charge in [-0.05, 0) is 39.9 Å². The number of rotatable bonds is 9. The van der Waals surface area contributed by atoms with E-state index in [4.69, 9.17) is 0 Å². The SMILES string of the molecule is C=CCCCCCCCCN(C)C. The molecule has 1 heteroatoms. The van der Waals surface area contributed by atoms with Crippen LogP contribution in [0.5, 0.6) is 0 Å². The van der Waals surface area contributed by atoms with Gasteiger partial charge in [-0.15, -0.1) is 6.58 Å². The van der Waals surface area contributed by atoms with Crippen LogP contribution < -0.4 is 0 Å². The fourth-order valence-corrected chi connectivity index (χ4v) is 1.42. The predicted octanol–water partition coefficient (Wildman–Crippen LogP) is 3.46. The van der Waals surface area contributed by atoms with Gasteiger partial charge in [-0.25, -0.2) is 0 Å². The highest BCUT2D eigenvalue weighted by Gasteiger charge is 1.91. The summed E-state index contributed by atoms with van der Waals surface area (Å²) in [4.78, 5) is 2.26. The largest absolute Gasteiger partial charge is 0.309 e. The van der Waals surface area contributed by atoms with Crippen LogP contribution in [0, 0.1) is 0 Å². The molecule has 0 aromatic carbocycles. The normalized spacial score (nSPS) is 10.7. The van der Waals surface area contributed by atoms with Crippen molar-refractivity contribution in [1.29, 1.82) is 0 Å². The lowest BCUT2D eigenvalue weighted by atomic mass is 10.1. The molecule has 0 aliphatic heterocycles. The molecule has 1 nitrogen and oxygen atoms in total. The first-order valence-electron chi connectivity index (χ1n) is 5.53. The highest BCUT2D eigenvalue weighted by Crippen LogP contribution is 2.07. The monoisotopic (exact) mass is 183 g/mol. The molecular weight excluding hydrogens is 158 g/mol. The van der Waals surface area contributed by atoms with Crippen LogP contribution in [-0.2, 0) is 0 Å². The summed E-state index contributed by atoms with van der Waals surface area (Å²) < 4.78 is 0. The van der Waals surface area contributed by atoms with E-state index in [9.17, 15) is 0 Å². The van der Waals surface area contributed by atoms with Gasteiger partial charge in [0, 0.05) is 0 Å². The molecule has 0 fully saturated rings. The van der Waals surface area contributed by atoms with Crippen molar-refractivity contribution in [2.45, 2.75) is 44.9 Å². The Hall–Kier alpha value is -0.300. The summed E-state index contributed by atoms with van der Waals surface area (Å²) in [6, 6.07) is 0. The quantitative estimate of drug-likeness (QED) is 0.391. The van der Waals surface area contributed by atoms with Crippen LogP contribution in [0.4, 0.5) is 0 Å². The van der Waals surface area contributed by atoms with E-state index in [1.54, 1.807) is 0 Å². The average Bonchev–Trinajstić information content (AvgIpc) is 2.09. The van der Waals surface area contributed by atoms with Crippen molar-refractivity contribution in [1.82, 2.24) is 4.90 Å². The first kappa shape index (κ1) is 12.7. The van der Waals surface area contributed by atoms with Crippen molar-refractivity contribution < 1.29 is 0 Å². The van der Waals surface area contributed by atoms with Crippen LogP contribution in [-0.4, -0.2) is 25.5 Å². The lowest BCUT2D eigenvalue weighted by molar-refractivity contribution is 0.389. The van der Waals surface area contributed by atoms with Gasteiger partial charge < -0.3 is 4.90 Å². The number of unbranched alkanes of at least 4 members (excludes halogenated alkanes) is 6. The van der Waals surface area contributed by atoms with Gasteiger partial charge in [0.2, 0.25) is 0 Å². The molecule has 0 bridgehead atoms. The van der Waals surface area contributed by atoms with Crippen molar-refractivity contribution in [2.75, 3.05) is 20.6 Å². The van der Waals surface area contributed by atoms with Gasteiger partial charge in [-0.2, -0.15) is 0 Å². The summed E-state index contributed by atoms with van der Waals surface area (Å²) in [6.45, 7) is 4.96. The first-order valence-corrected chi connectivity index (χ1v) is 5.53. The van der Waals surface area contributed by atoms with E-state index in [0.29, 0.717) is 0 Å². The van der Waals surface area contributed by atoms with E-state index < -0.39 is 0 Å². The van der Waals surface area contributed by atoms with Crippen LogP contribution >= 0.6 is 0 Å². The molecule has 0 aromatic heterocycles. The van der Waals surface area contributed by atoms with Crippen LogP contribution in [0.25, 0.3) is 0 Å². The third kappa shape index (κ3) is 11.7. The molecule has 78 valence electrons. The Balaban J connectivity index is 2.87. The Morgan fingerprint density at radius 2 is 1.46 bits per heavy atom. The number of nitrogens with zero attached hydrogens (tertiary/aromatic N) is 1. The minimum absolute atomic E-state index is 1.19. The third-order valence-corrected chi connectivity index (χ3v) is 2.26. The average molecular weight is 183 g/mol. The van der Waals surface area contributed by atoms with Crippen molar-refractivity contribution in [3.63, 3.8) is 0 Å². The summed E-state index contributed by atoms with van der Waals surface area (Å²) in [5, 5.41) is 0. The molecule has 0 aliphatic carbocycles. The van der Waals surface area contributed by atoms with Gasteiger partial charge in [-0.1, -0.05) is 31.8 Å². The Morgan fingerprint density at radius 1 is 0.923 bits per heavy atom. The molecule has 0 saturated carbocycles. The smallest absolute Gasteiger partial charge is 0.00248 e. The molecule has 0 unspecified atom stereocenters. The lowest BCUT2D eigenvalue weighted by Gasteiger charge is -2.08. The molecule has 13 heavy (non-hydrogen) atoms. The minimum Gasteiger partial charge on any atom is -0.309 e. The second-order valence-corrected chi connectivity index (χ2v) is 4.00. The molecule has 0 rings (SSSR count). The predicted molar refractivity (Wildman–Crippen MR) is 61.1 cm³/mol. The highest BCUT2D eigenvalue weighted by atomic mass is 15.0. The fourth-order valence-electron chi connectivity index (χ4n) is 1.42. The Labute approximate surface area is 83.8 Å². The second-order valence-electron chi connectivity index (χ2n) is 4.00. The van der Waals surface area contributed by atoms with Crippen molar-refractivity contribution in [3.05, 3.63) is 12.7 Å². The van der Waals surface area contributed by atoms with E-state index in [2.05, 4.69) is 25.6 Å².